The van der Waals surface area contributed by atoms with Crippen molar-refractivity contribution in [2.45, 2.75) is 29.6 Å². The highest BCUT2D eigenvalue weighted by molar-refractivity contribution is 8.00. The summed E-state index contributed by atoms with van der Waals surface area (Å²) in [6.45, 7) is 0.717. The van der Waals surface area contributed by atoms with Crippen molar-refractivity contribution >= 4 is 23.6 Å². The van der Waals surface area contributed by atoms with Crippen LogP contribution in [-0.4, -0.2) is 28.8 Å². The van der Waals surface area contributed by atoms with Crippen LogP contribution in [0.1, 0.15) is 29.8 Å². The Kier molecular flexibility index (Phi) is 3.73. The molecule has 0 radical (unpaired) electrons. The molecule has 0 aliphatic carbocycles. The maximum Gasteiger partial charge on any atom is 0.371 e. The Hall–Kier alpha value is -1.43. The normalized spacial score (nSPS) is 20.7. The van der Waals surface area contributed by atoms with Crippen LogP contribution in [0.25, 0.3) is 0 Å². The molecule has 1 atom stereocenters. The summed E-state index contributed by atoms with van der Waals surface area (Å²) in [4.78, 5) is 22.3. The number of carbonyl (C=O) groups is 2. The van der Waals surface area contributed by atoms with Gasteiger partial charge in [-0.15, -0.1) is 0 Å². The second kappa shape index (κ2) is 5.27. The van der Waals surface area contributed by atoms with Crippen molar-refractivity contribution in [3.05, 3.63) is 17.9 Å². The predicted octanol–water partition coefficient (Wildman–Crippen LogP) is 1.74. The maximum absolute atomic E-state index is 11.7. The van der Waals surface area contributed by atoms with Crippen LogP contribution in [0.4, 0.5) is 0 Å². The first-order valence-corrected chi connectivity index (χ1v) is 6.32. The molecule has 1 aliphatic rings. The Balaban J connectivity index is 2.03. The number of thioether (sulfide) groups is 1. The molecular weight excluding hydrogens is 242 g/mol. The lowest BCUT2D eigenvalue weighted by Crippen LogP contribution is -2.30. The summed E-state index contributed by atoms with van der Waals surface area (Å²) in [5, 5.41) is 11.8. The first kappa shape index (κ1) is 12.0. The van der Waals surface area contributed by atoms with Crippen LogP contribution in [0.3, 0.4) is 0 Å². The first-order chi connectivity index (χ1) is 8.16. The average Bonchev–Trinajstić information content (AvgIpc) is 2.66. The molecule has 1 aromatic rings. The SMILES string of the molecule is O=C(O)c1ccc(SC2CCCCNC2=O)o1. The molecule has 1 aliphatic heterocycles. The van der Waals surface area contributed by atoms with Gasteiger partial charge < -0.3 is 14.8 Å². The molecule has 5 nitrogen and oxygen atoms in total. The number of aromatic carboxylic acids is 1. The summed E-state index contributed by atoms with van der Waals surface area (Å²) < 4.78 is 5.12. The zero-order valence-electron chi connectivity index (χ0n) is 9.14. The van der Waals surface area contributed by atoms with Gasteiger partial charge in [0.05, 0.1) is 5.25 Å². The highest BCUT2D eigenvalue weighted by Gasteiger charge is 2.23. The third kappa shape index (κ3) is 3.03. The van der Waals surface area contributed by atoms with E-state index in [9.17, 15) is 9.59 Å². The fraction of sp³-hybridized carbons (Fsp3) is 0.455. The molecular formula is C11H13NO4S. The molecule has 0 saturated carbocycles. The molecule has 1 saturated heterocycles. The number of carboxylic acids is 1. The third-order valence-electron chi connectivity index (χ3n) is 2.54. The molecule has 2 rings (SSSR count). The molecule has 92 valence electrons. The van der Waals surface area contributed by atoms with Crippen LogP contribution < -0.4 is 5.32 Å². The molecule has 1 unspecified atom stereocenters. The minimum absolute atomic E-state index is 0.000718. The van der Waals surface area contributed by atoms with Gasteiger partial charge >= 0.3 is 5.97 Å². The van der Waals surface area contributed by atoms with Crippen molar-refractivity contribution in [2.75, 3.05) is 6.54 Å². The van der Waals surface area contributed by atoms with Crippen LogP contribution in [0.15, 0.2) is 21.6 Å². The van der Waals surface area contributed by atoms with Gasteiger partial charge in [0.1, 0.15) is 0 Å². The summed E-state index contributed by atoms with van der Waals surface area (Å²) in [5.74, 6) is -1.19. The summed E-state index contributed by atoms with van der Waals surface area (Å²) in [7, 11) is 0. The summed E-state index contributed by atoms with van der Waals surface area (Å²) >= 11 is 1.28. The van der Waals surface area contributed by atoms with E-state index in [1.807, 2.05) is 0 Å². The quantitative estimate of drug-likeness (QED) is 0.860. The zero-order valence-corrected chi connectivity index (χ0v) is 9.96. The number of nitrogens with one attached hydrogen (secondary N) is 1. The van der Waals surface area contributed by atoms with Crippen LogP contribution in [0.5, 0.6) is 0 Å². The smallest absolute Gasteiger partial charge is 0.371 e. The van der Waals surface area contributed by atoms with E-state index in [-0.39, 0.29) is 16.9 Å². The lowest BCUT2D eigenvalue weighted by atomic mass is 10.2. The highest BCUT2D eigenvalue weighted by atomic mass is 32.2. The second-order valence-corrected chi connectivity index (χ2v) is 5.02. The largest absolute Gasteiger partial charge is 0.475 e. The predicted molar refractivity (Wildman–Crippen MR) is 62.2 cm³/mol. The van der Waals surface area contributed by atoms with E-state index in [4.69, 9.17) is 9.52 Å². The Morgan fingerprint density at radius 2 is 2.29 bits per heavy atom. The number of carbonyl (C=O) groups excluding carboxylic acids is 1. The number of hydrogen-bond donors (Lipinski definition) is 2. The summed E-state index contributed by atoms with van der Waals surface area (Å²) in [6, 6.07) is 2.99. The van der Waals surface area contributed by atoms with E-state index in [0.717, 1.165) is 19.3 Å². The van der Waals surface area contributed by atoms with Crippen molar-refractivity contribution in [3.8, 4) is 0 Å². The molecule has 1 aromatic heterocycles. The van der Waals surface area contributed by atoms with E-state index in [2.05, 4.69) is 5.32 Å². The van der Waals surface area contributed by atoms with Crippen molar-refractivity contribution in [1.82, 2.24) is 5.32 Å². The number of furan rings is 1. The van der Waals surface area contributed by atoms with Crippen molar-refractivity contribution in [3.63, 3.8) is 0 Å². The Labute approximate surface area is 103 Å². The van der Waals surface area contributed by atoms with E-state index in [1.165, 1.54) is 17.8 Å². The average molecular weight is 255 g/mol. The van der Waals surface area contributed by atoms with Gasteiger partial charge in [-0.1, -0.05) is 18.2 Å². The van der Waals surface area contributed by atoms with Crippen LogP contribution in [-0.2, 0) is 4.79 Å². The fourth-order valence-corrected chi connectivity index (χ4v) is 2.70. The lowest BCUT2D eigenvalue weighted by Gasteiger charge is -2.10. The highest BCUT2D eigenvalue weighted by Crippen LogP contribution is 2.29. The van der Waals surface area contributed by atoms with Gasteiger partial charge in [0, 0.05) is 6.54 Å². The van der Waals surface area contributed by atoms with Gasteiger partial charge in [0.25, 0.3) is 0 Å². The van der Waals surface area contributed by atoms with Gasteiger partial charge in [0.15, 0.2) is 5.09 Å². The molecule has 1 amide bonds. The van der Waals surface area contributed by atoms with E-state index in [0.29, 0.717) is 11.6 Å². The minimum atomic E-state index is -1.10. The van der Waals surface area contributed by atoms with Crippen molar-refractivity contribution in [2.24, 2.45) is 0 Å². The Bertz CT molecular complexity index is 429. The number of hydrogen-bond acceptors (Lipinski definition) is 4. The minimum Gasteiger partial charge on any atom is -0.475 e. The molecule has 6 heteroatoms. The fourth-order valence-electron chi connectivity index (χ4n) is 1.66. The molecule has 0 aromatic carbocycles. The number of amides is 1. The number of carboxylic acid groups (broad SMARTS) is 1. The molecule has 0 bridgehead atoms. The topological polar surface area (TPSA) is 79.5 Å². The standard InChI is InChI=1S/C11H13NO4S/c13-10-8(3-1-2-6-12-10)17-9-5-4-7(16-9)11(14)15/h4-5,8H,1-3,6H2,(H,12,13)(H,14,15). The van der Waals surface area contributed by atoms with Gasteiger partial charge in [0.2, 0.25) is 11.7 Å². The van der Waals surface area contributed by atoms with Crippen LogP contribution >= 0.6 is 11.8 Å². The zero-order chi connectivity index (χ0) is 12.3. The van der Waals surface area contributed by atoms with Crippen LogP contribution in [0, 0.1) is 0 Å². The molecule has 2 N–H and O–H groups in total. The lowest BCUT2D eigenvalue weighted by molar-refractivity contribution is -0.120. The molecule has 17 heavy (non-hydrogen) atoms. The summed E-state index contributed by atoms with van der Waals surface area (Å²) in [5.41, 5.74) is 0. The maximum atomic E-state index is 11.7. The van der Waals surface area contributed by atoms with Gasteiger partial charge in [-0.25, -0.2) is 4.79 Å². The first-order valence-electron chi connectivity index (χ1n) is 5.44. The van der Waals surface area contributed by atoms with E-state index < -0.39 is 5.97 Å². The van der Waals surface area contributed by atoms with E-state index in [1.54, 1.807) is 6.07 Å². The number of rotatable bonds is 3. The van der Waals surface area contributed by atoms with Crippen LogP contribution in [0.2, 0.25) is 0 Å². The van der Waals surface area contributed by atoms with Gasteiger partial charge in [-0.3, -0.25) is 4.79 Å². The third-order valence-corrected chi connectivity index (χ3v) is 3.72. The second-order valence-electron chi connectivity index (χ2n) is 3.82. The molecule has 0 spiro atoms. The van der Waals surface area contributed by atoms with Gasteiger partial charge in [-0.05, 0) is 25.0 Å². The molecule has 1 fully saturated rings. The Morgan fingerprint density at radius 3 is 3.00 bits per heavy atom. The van der Waals surface area contributed by atoms with Gasteiger partial charge in [-0.2, -0.15) is 0 Å². The summed E-state index contributed by atoms with van der Waals surface area (Å²) in [6.07, 6.45) is 2.77. The van der Waals surface area contributed by atoms with Crippen molar-refractivity contribution < 1.29 is 19.1 Å². The Morgan fingerprint density at radius 1 is 1.47 bits per heavy atom. The van der Waals surface area contributed by atoms with E-state index >= 15 is 0 Å². The molecule has 2 heterocycles. The van der Waals surface area contributed by atoms with Crippen molar-refractivity contribution in [1.29, 1.82) is 0 Å². The monoisotopic (exact) mass is 255 g/mol.